The number of carbonyl (C=O) groups is 7. The number of amides is 3. The Kier molecular flexibility index (Phi) is 19.9. The summed E-state index contributed by atoms with van der Waals surface area (Å²) in [6.07, 6.45) is 2.14. The number of hydrogen-bond donors (Lipinski definition) is 3. The van der Waals surface area contributed by atoms with Gasteiger partial charge >= 0.3 is 64.9 Å². The first-order chi connectivity index (χ1) is 34.4. The number of Topliss-reactive ketones (excluding diaryl/α,β-unsaturated/α-hetero) is 1. The van der Waals surface area contributed by atoms with Crippen LogP contribution in [-0.4, -0.2) is 120 Å². The monoisotopic (exact) mass is 1070 g/mol. The van der Waals surface area contributed by atoms with E-state index in [2.05, 4.69) is 16.0 Å². The van der Waals surface area contributed by atoms with E-state index in [0.29, 0.717) is 25.7 Å². The van der Waals surface area contributed by atoms with Gasteiger partial charge in [-0.1, -0.05) is 62.3 Å². The first-order valence-corrected chi connectivity index (χ1v) is 24.8. The van der Waals surface area contributed by atoms with Gasteiger partial charge < -0.3 is 30.2 Å². The van der Waals surface area contributed by atoms with Gasteiger partial charge in [0.05, 0.1) is 13.2 Å². The van der Waals surface area contributed by atoms with Crippen LogP contribution in [-0.2, 0) is 62.7 Å². The van der Waals surface area contributed by atoms with Crippen LogP contribution in [0.3, 0.4) is 0 Å². The molecule has 1 aromatic rings. The molecular formula is C48H75N9O18. The van der Waals surface area contributed by atoms with Crippen LogP contribution in [0.1, 0.15) is 141 Å². The van der Waals surface area contributed by atoms with Crippen LogP contribution >= 0.6 is 0 Å². The minimum atomic E-state index is -2.36. The molecule has 3 aliphatic rings. The Labute approximate surface area is 433 Å². The van der Waals surface area contributed by atoms with Crippen molar-refractivity contribution in [3.05, 3.63) is 61.8 Å². The Morgan fingerprint density at radius 1 is 0.520 bits per heavy atom. The number of nitrogens with zero attached hydrogens (tertiary/aromatic N) is 6. The number of nitrogens with one attached hydrogen (secondary N) is 3. The van der Waals surface area contributed by atoms with E-state index in [0.717, 1.165) is 20.6 Å². The van der Waals surface area contributed by atoms with Crippen molar-refractivity contribution in [3.8, 4) is 0 Å². The smallest absolute Gasteiger partial charge is 0.392 e. The fraction of sp³-hybridized carbons (Fsp3) is 0.792. The largest absolute Gasteiger partial charge is 0.460 e. The summed E-state index contributed by atoms with van der Waals surface area (Å²) in [5.74, 6) is -7.20. The number of carbonyl (C=O) groups excluding carboxylic acids is 7. The van der Waals surface area contributed by atoms with E-state index in [9.17, 15) is 59.1 Å². The highest BCUT2D eigenvalue weighted by Crippen LogP contribution is 2.49. The lowest BCUT2D eigenvalue weighted by molar-refractivity contribution is -0.496. The molecule has 1 aromatic heterocycles. The van der Waals surface area contributed by atoms with E-state index in [1.807, 2.05) is 48.3 Å². The van der Waals surface area contributed by atoms with Gasteiger partial charge in [-0.15, -0.1) is 0 Å². The highest BCUT2D eigenvalue weighted by atomic mass is 16.6. The van der Waals surface area contributed by atoms with Gasteiger partial charge in [-0.2, -0.15) is 0 Å². The Bertz CT molecular complexity index is 2450. The van der Waals surface area contributed by atoms with Crippen molar-refractivity contribution in [1.82, 2.24) is 29.7 Å². The summed E-state index contributed by atoms with van der Waals surface area (Å²) in [4.78, 5) is 163. The molecule has 3 N–H and O–H groups in total. The van der Waals surface area contributed by atoms with Crippen molar-refractivity contribution >= 4 is 42.2 Å². The molecule has 0 aliphatic heterocycles. The van der Waals surface area contributed by atoms with Gasteiger partial charge in [0, 0.05) is 59.5 Å². The summed E-state index contributed by atoms with van der Waals surface area (Å²) in [6, 6.07) is -9.23. The van der Waals surface area contributed by atoms with Crippen molar-refractivity contribution in [2.75, 3.05) is 13.2 Å². The van der Waals surface area contributed by atoms with E-state index < -0.39 is 136 Å². The molecule has 0 radical (unpaired) electrons. The Morgan fingerprint density at radius 2 is 0.760 bits per heavy atom. The Balaban J connectivity index is 0.00000732. The second-order valence-electron chi connectivity index (χ2n) is 24.1. The molecule has 75 heavy (non-hydrogen) atoms. The van der Waals surface area contributed by atoms with E-state index in [1.54, 1.807) is 20.8 Å². The second-order valence-corrected chi connectivity index (χ2v) is 24.1. The highest BCUT2D eigenvalue weighted by Gasteiger charge is 2.50. The van der Waals surface area contributed by atoms with E-state index in [-0.39, 0.29) is 65.0 Å². The minimum absolute atomic E-state index is 0.0589. The summed E-state index contributed by atoms with van der Waals surface area (Å²) in [5.41, 5.74) is -7.94. The predicted molar refractivity (Wildman–Crippen MR) is 266 cm³/mol. The van der Waals surface area contributed by atoms with E-state index in [4.69, 9.17) is 14.3 Å². The van der Waals surface area contributed by atoms with E-state index in [1.165, 1.54) is 13.8 Å². The topological polar surface area (TPSA) is 369 Å². The van der Waals surface area contributed by atoms with Gasteiger partial charge in [0.2, 0.25) is 5.78 Å². The van der Waals surface area contributed by atoms with Crippen molar-refractivity contribution in [2.45, 2.75) is 197 Å². The maximum Gasteiger partial charge on any atom is 0.392 e. The lowest BCUT2D eigenvalue weighted by Crippen LogP contribution is -2.60. The molecule has 27 nitrogen and oxygen atoms in total. The van der Waals surface area contributed by atoms with Crippen LogP contribution in [0.5, 0.6) is 0 Å². The molecule has 1 heterocycles. The molecule has 3 saturated carbocycles. The number of rotatable bonds is 20. The number of aromatic nitrogens is 3. The quantitative estimate of drug-likeness (QED) is 0.0724. The Hall–Kier alpha value is -6.70. The van der Waals surface area contributed by atoms with Gasteiger partial charge in [-0.3, -0.25) is 49.5 Å². The molecule has 3 fully saturated rings. The maximum atomic E-state index is 15.1. The van der Waals surface area contributed by atoms with Crippen molar-refractivity contribution < 1.29 is 57.8 Å². The standard InChI is InChI=1S/C47H73N9O17.CH2O/c1-13-72-37(61)32(55(68)69)35(59)49-29-16-43(6,7)22-46(11,19-29)25-52-39(63)51(24-45(10)18-28(15-42(4,5)21-45)48-34(58)31(27(3)57)54(66)67)40(64)53(41(52)65)26-47(12)20-30(17-44(8,9)23-47)50-36(60)33(56(70)71)38(62)73-14-2;1-2/h28-33H,13-26H2,1-12H3,(H,48,58)(H,49,59)(H,50,60);1H2. The fourth-order valence-corrected chi connectivity index (χ4v) is 13.1. The summed E-state index contributed by atoms with van der Waals surface area (Å²) in [7, 11) is 0. The third kappa shape index (κ3) is 15.9. The maximum absolute atomic E-state index is 15.1. The molecule has 9 atom stereocenters. The van der Waals surface area contributed by atoms with Crippen molar-refractivity contribution in [3.63, 3.8) is 0 Å². The lowest BCUT2D eigenvalue weighted by atomic mass is 9.62. The summed E-state index contributed by atoms with van der Waals surface area (Å²) >= 11 is 0. The van der Waals surface area contributed by atoms with Gasteiger partial charge in [-0.05, 0) is 104 Å². The van der Waals surface area contributed by atoms with Crippen LogP contribution in [0.4, 0.5) is 0 Å². The predicted octanol–water partition coefficient (Wildman–Crippen LogP) is 1.74. The van der Waals surface area contributed by atoms with Crippen molar-refractivity contribution in [1.29, 1.82) is 0 Å². The zero-order chi connectivity index (χ0) is 57.6. The van der Waals surface area contributed by atoms with Crippen LogP contribution in [0.25, 0.3) is 0 Å². The normalized spacial score (nSPS) is 26.7. The SMILES string of the molecule is C=O.CCOC(=O)C(C(=O)NC1CC(C)(C)CC(C)(Cn2c(=O)n(CC3(C)CC(NC(=O)C(C(C)=O)[N+](=O)[O-])CC(C)(C)C3)c(=O)n(CC3(C)CC(NC(=O)C(C(=O)OCC)[N+](=O)[O-])CC(C)(C)C3)c2=O)C1)[N+](=O)[O-]. The number of nitro groups is 3. The zero-order valence-electron chi connectivity index (χ0n) is 45.1. The van der Waals surface area contributed by atoms with Crippen molar-refractivity contribution in [2.24, 2.45) is 32.5 Å². The molecule has 4 rings (SSSR count). The number of hydrogen-bond acceptors (Lipinski definition) is 18. The van der Waals surface area contributed by atoms with Gasteiger partial charge in [0.25, 0.3) is 0 Å². The molecule has 9 unspecified atom stereocenters. The minimum Gasteiger partial charge on any atom is -0.460 e. The van der Waals surface area contributed by atoms with Crippen LogP contribution in [0, 0.1) is 62.8 Å². The molecule has 420 valence electrons. The fourth-order valence-electron chi connectivity index (χ4n) is 13.1. The molecular weight excluding hydrogens is 991 g/mol. The summed E-state index contributed by atoms with van der Waals surface area (Å²) in [5, 5.41) is 43.4. The van der Waals surface area contributed by atoms with Gasteiger partial charge in [0.1, 0.15) is 6.79 Å². The molecule has 0 bridgehead atoms. The number of ketones is 1. The van der Waals surface area contributed by atoms with E-state index >= 15 is 14.4 Å². The molecule has 0 saturated heterocycles. The van der Waals surface area contributed by atoms with Gasteiger partial charge in [-0.25, -0.2) is 37.7 Å². The second kappa shape index (κ2) is 23.9. The number of esters is 2. The molecule has 27 heteroatoms. The first-order valence-electron chi connectivity index (χ1n) is 24.8. The van der Waals surface area contributed by atoms with Gasteiger partial charge in [0.15, 0.2) is 0 Å². The molecule has 3 aliphatic carbocycles. The summed E-state index contributed by atoms with van der Waals surface area (Å²) in [6.45, 7) is 20.9. The molecule has 0 spiro atoms. The summed E-state index contributed by atoms with van der Waals surface area (Å²) < 4.78 is 12.4. The number of ether oxygens (including phenoxy) is 2. The molecule has 0 aromatic carbocycles. The zero-order valence-corrected chi connectivity index (χ0v) is 45.1. The van der Waals surface area contributed by atoms with Crippen LogP contribution in [0.15, 0.2) is 14.4 Å². The Morgan fingerprint density at radius 3 is 0.973 bits per heavy atom. The van der Waals surface area contributed by atoms with Crippen LogP contribution < -0.4 is 33.0 Å². The average Bonchev–Trinajstić information content (AvgIpc) is 3.21. The van der Waals surface area contributed by atoms with Crippen LogP contribution in [0.2, 0.25) is 0 Å². The first kappa shape index (κ1) is 62.6. The highest BCUT2D eigenvalue weighted by molar-refractivity contribution is 6.03. The average molecular weight is 1070 g/mol. The lowest BCUT2D eigenvalue weighted by Gasteiger charge is -2.48. The third-order valence-corrected chi connectivity index (χ3v) is 14.2. The molecule has 3 amide bonds. The third-order valence-electron chi connectivity index (χ3n) is 14.2.